The summed E-state index contributed by atoms with van der Waals surface area (Å²) in [6, 6.07) is 7.73. The van der Waals surface area contributed by atoms with Crippen LogP contribution in [0, 0.1) is 23.2 Å². The number of nitrogens with zero attached hydrogens (tertiary/aromatic N) is 1. The average Bonchev–Trinajstić information content (AvgIpc) is 2.61. The number of methoxy groups -OCH3 is 1. The number of nitriles is 1. The zero-order valence-electron chi connectivity index (χ0n) is 14.6. The summed E-state index contributed by atoms with van der Waals surface area (Å²) in [5.41, 5.74) is 1.34. The van der Waals surface area contributed by atoms with E-state index < -0.39 is 0 Å². The van der Waals surface area contributed by atoms with E-state index in [2.05, 4.69) is 16.7 Å². The number of alkyl halides is 1. The minimum Gasteiger partial charge on any atom is -0.495 e. The first-order chi connectivity index (χ1) is 12.0. The first-order valence-electron chi connectivity index (χ1n) is 8.81. The molecule has 2 fully saturated rings. The van der Waals surface area contributed by atoms with Crippen LogP contribution in [0.5, 0.6) is 5.75 Å². The lowest BCUT2D eigenvalue weighted by Gasteiger charge is -2.42. The monoisotopic (exact) mass is 361 g/mol. The molecule has 5 nitrogen and oxygen atoms in total. The third-order valence-electron chi connectivity index (χ3n) is 5.46. The van der Waals surface area contributed by atoms with Crippen LogP contribution in [0.4, 0.5) is 5.69 Å². The Morgan fingerprint density at radius 3 is 2.92 bits per heavy atom. The molecule has 1 aromatic rings. The van der Waals surface area contributed by atoms with Crippen molar-refractivity contribution in [3.8, 4) is 11.8 Å². The maximum atomic E-state index is 12.5. The highest BCUT2D eigenvalue weighted by molar-refractivity contribution is 6.20. The fraction of sp³-hybridized carbons (Fsp3) is 0.579. The van der Waals surface area contributed by atoms with Crippen LogP contribution in [0.25, 0.3) is 0 Å². The number of anilines is 1. The van der Waals surface area contributed by atoms with Crippen LogP contribution in [0.3, 0.4) is 0 Å². The van der Waals surface area contributed by atoms with Crippen molar-refractivity contribution in [3.05, 3.63) is 23.8 Å². The zero-order valence-corrected chi connectivity index (χ0v) is 15.3. The molecule has 1 aliphatic heterocycles. The lowest BCUT2D eigenvalue weighted by Crippen LogP contribution is -2.55. The van der Waals surface area contributed by atoms with Gasteiger partial charge in [0.15, 0.2) is 0 Å². The quantitative estimate of drug-likeness (QED) is 0.807. The van der Waals surface area contributed by atoms with Gasteiger partial charge in [-0.3, -0.25) is 4.79 Å². The minimum atomic E-state index is -0.0927. The number of benzene rings is 1. The van der Waals surface area contributed by atoms with Crippen molar-refractivity contribution in [3.63, 3.8) is 0 Å². The first kappa shape index (κ1) is 17.9. The number of nitrogens with one attached hydrogen (secondary N) is 2. The summed E-state index contributed by atoms with van der Waals surface area (Å²) in [6.45, 7) is 2.02. The summed E-state index contributed by atoms with van der Waals surface area (Å²) in [5.74, 6) is 1.02. The Hall–Kier alpha value is -1.93. The van der Waals surface area contributed by atoms with Crippen molar-refractivity contribution in [2.75, 3.05) is 12.4 Å². The molecule has 1 aliphatic carbocycles. The maximum absolute atomic E-state index is 12.5. The number of amides is 1. The topological polar surface area (TPSA) is 74.2 Å². The van der Waals surface area contributed by atoms with Gasteiger partial charge >= 0.3 is 0 Å². The van der Waals surface area contributed by atoms with Crippen molar-refractivity contribution in [2.24, 2.45) is 11.8 Å². The van der Waals surface area contributed by atoms with Gasteiger partial charge in [-0.15, -0.1) is 11.6 Å². The molecule has 2 aliphatic rings. The van der Waals surface area contributed by atoms with Gasteiger partial charge in [-0.2, -0.15) is 5.26 Å². The number of carbonyl (C=O) groups excluding carboxylic acids is 1. The molecule has 1 saturated heterocycles. The van der Waals surface area contributed by atoms with Gasteiger partial charge < -0.3 is 15.4 Å². The SMILES string of the molecule is COc1cc(N[C@@H](C)C2CC3CC(Cl)CCC3NC2=O)ccc1C#N. The van der Waals surface area contributed by atoms with E-state index in [4.69, 9.17) is 21.6 Å². The summed E-state index contributed by atoms with van der Waals surface area (Å²) in [6.07, 6.45) is 3.79. The molecule has 3 rings (SSSR count). The van der Waals surface area contributed by atoms with E-state index in [0.29, 0.717) is 17.2 Å². The van der Waals surface area contributed by atoms with Crippen molar-refractivity contribution < 1.29 is 9.53 Å². The third kappa shape index (κ3) is 3.85. The molecule has 6 heteroatoms. The molecule has 134 valence electrons. The van der Waals surface area contributed by atoms with Crippen molar-refractivity contribution >= 4 is 23.2 Å². The average molecular weight is 362 g/mol. The Bertz CT molecular complexity index is 688. The highest BCUT2D eigenvalue weighted by Crippen LogP contribution is 2.37. The van der Waals surface area contributed by atoms with Crippen LogP contribution in [-0.2, 0) is 4.79 Å². The second kappa shape index (κ2) is 7.53. The molecule has 1 heterocycles. The normalized spacial score (nSPS) is 29.8. The van der Waals surface area contributed by atoms with Gasteiger partial charge in [0.05, 0.1) is 18.6 Å². The second-order valence-corrected chi connectivity index (χ2v) is 7.70. The van der Waals surface area contributed by atoms with E-state index >= 15 is 0 Å². The maximum Gasteiger partial charge on any atom is 0.225 e. The van der Waals surface area contributed by atoms with Crippen LogP contribution in [-0.4, -0.2) is 30.5 Å². The van der Waals surface area contributed by atoms with Crippen molar-refractivity contribution in [2.45, 2.75) is 50.1 Å². The summed E-state index contributed by atoms with van der Waals surface area (Å²) < 4.78 is 5.25. The first-order valence-corrected chi connectivity index (χ1v) is 9.24. The van der Waals surface area contributed by atoms with Gasteiger partial charge in [0.1, 0.15) is 11.8 Å². The molecule has 1 amide bonds. The fourth-order valence-corrected chi connectivity index (χ4v) is 4.40. The largest absolute Gasteiger partial charge is 0.495 e. The highest BCUT2D eigenvalue weighted by Gasteiger charge is 2.40. The summed E-state index contributed by atoms with van der Waals surface area (Å²) >= 11 is 6.32. The number of rotatable bonds is 4. The molecule has 0 aromatic heterocycles. The van der Waals surface area contributed by atoms with Crippen LogP contribution in [0.2, 0.25) is 0 Å². The molecule has 0 spiro atoms. The third-order valence-corrected chi connectivity index (χ3v) is 5.86. The molecule has 2 N–H and O–H groups in total. The minimum absolute atomic E-state index is 0.0192. The van der Waals surface area contributed by atoms with E-state index in [1.54, 1.807) is 19.2 Å². The number of hydrogen-bond acceptors (Lipinski definition) is 4. The number of ether oxygens (including phenoxy) is 1. The van der Waals surface area contributed by atoms with E-state index in [1.807, 2.05) is 13.0 Å². The van der Waals surface area contributed by atoms with Gasteiger partial charge in [-0.05, 0) is 50.7 Å². The van der Waals surface area contributed by atoms with E-state index in [-0.39, 0.29) is 29.3 Å². The second-order valence-electron chi connectivity index (χ2n) is 7.09. The molecule has 1 aromatic carbocycles. The summed E-state index contributed by atoms with van der Waals surface area (Å²) in [5, 5.41) is 15.9. The number of halogens is 1. The lowest BCUT2D eigenvalue weighted by atomic mass is 9.74. The molecular formula is C19H24ClN3O2. The van der Waals surface area contributed by atoms with Gasteiger partial charge in [-0.1, -0.05) is 0 Å². The Morgan fingerprint density at radius 2 is 2.20 bits per heavy atom. The van der Waals surface area contributed by atoms with Crippen LogP contribution < -0.4 is 15.4 Å². The fourth-order valence-electron chi connectivity index (χ4n) is 4.05. The van der Waals surface area contributed by atoms with Crippen LogP contribution in [0.1, 0.15) is 38.2 Å². The van der Waals surface area contributed by atoms with Crippen LogP contribution in [0.15, 0.2) is 18.2 Å². The molecule has 5 atom stereocenters. The lowest BCUT2D eigenvalue weighted by molar-refractivity contribution is -0.130. The predicted molar refractivity (Wildman–Crippen MR) is 97.8 cm³/mol. The van der Waals surface area contributed by atoms with Crippen LogP contribution >= 0.6 is 11.6 Å². The van der Waals surface area contributed by atoms with Gasteiger partial charge in [0.25, 0.3) is 0 Å². The van der Waals surface area contributed by atoms with E-state index in [0.717, 1.165) is 31.4 Å². The molecular weight excluding hydrogens is 338 g/mol. The predicted octanol–water partition coefficient (Wildman–Crippen LogP) is 3.28. The van der Waals surface area contributed by atoms with Crippen molar-refractivity contribution in [1.82, 2.24) is 5.32 Å². The Balaban J connectivity index is 1.69. The number of carbonyl (C=O) groups is 1. The zero-order chi connectivity index (χ0) is 18.0. The number of fused-ring (bicyclic) bond motifs is 1. The highest BCUT2D eigenvalue weighted by atomic mass is 35.5. The standard InChI is InChI=1S/C19H24ClN3O2/c1-11(22-15-5-3-12(10-21)18(9-15)25-2)16-8-13-7-14(20)4-6-17(13)23-19(16)24/h3,5,9,11,13-14,16-17,22H,4,6-8H2,1-2H3,(H,23,24)/t11-,13?,14?,16?,17?/m0/s1. The van der Waals surface area contributed by atoms with Gasteiger partial charge in [-0.25, -0.2) is 0 Å². The number of piperidine rings is 1. The molecule has 4 unspecified atom stereocenters. The van der Waals surface area contributed by atoms with Gasteiger partial charge in [0, 0.05) is 29.2 Å². The Morgan fingerprint density at radius 1 is 1.40 bits per heavy atom. The van der Waals surface area contributed by atoms with Crippen molar-refractivity contribution in [1.29, 1.82) is 5.26 Å². The molecule has 25 heavy (non-hydrogen) atoms. The molecule has 0 radical (unpaired) electrons. The summed E-state index contributed by atoms with van der Waals surface area (Å²) in [7, 11) is 1.55. The molecule has 0 bridgehead atoms. The summed E-state index contributed by atoms with van der Waals surface area (Å²) in [4.78, 5) is 12.5. The van der Waals surface area contributed by atoms with E-state index in [9.17, 15) is 4.79 Å². The Labute approximate surface area is 153 Å². The smallest absolute Gasteiger partial charge is 0.225 e. The Kier molecular flexibility index (Phi) is 5.39. The number of hydrogen-bond donors (Lipinski definition) is 2. The molecule has 1 saturated carbocycles. The van der Waals surface area contributed by atoms with Gasteiger partial charge in [0.2, 0.25) is 5.91 Å². The van der Waals surface area contributed by atoms with E-state index in [1.165, 1.54) is 0 Å².